The summed E-state index contributed by atoms with van der Waals surface area (Å²) >= 11 is 1.14. The molecule has 2 aliphatic heterocycles. The lowest BCUT2D eigenvalue weighted by Gasteiger charge is -2.31. The first-order valence-electron chi connectivity index (χ1n) is 11.8. The number of allylic oxidation sites excluding steroid dienone is 1. The molecule has 0 radical (unpaired) electrons. The zero-order valence-corrected chi connectivity index (χ0v) is 20.8. The first-order chi connectivity index (χ1) is 17.2. The van der Waals surface area contributed by atoms with E-state index in [1.54, 1.807) is 19.3 Å². The molecular formula is C27H24F2N4O2S. The molecule has 1 aromatic carbocycles. The van der Waals surface area contributed by atoms with Crippen molar-refractivity contribution in [3.05, 3.63) is 65.8 Å². The fourth-order valence-electron chi connectivity index (χ4n) is 6.45. The average molecular weight is 507 g/mol. The second-order valence-corrected chi connectivity index (χ2v) is 11.5. The number of aliphatic hydroxyl groups is 1. The van der Waals surface area contributed by atoms with Crippen LogP contribution in [0.5, 0.6) is 5.88 Å². The molecule has 4 atom stereocenters. The third-order valence-electron chi connectivity index (χ3n) is 8.10. The summed E-state index contributed by atoms with van der Waals surface area (Å²) in [5, 5.41) is 12.3. The third-order valence-corrected chi connectivity index (χ3v) is 9.23. The SMILES string of the molecule is COc1ncc2cc1NSC1(C)C(F)=CC(C)(F)C3=C1C31CN(CC1O)c1ccnc3ccc-2cc13. The molecule has 0 amide bonds. The minimum atomic E-state index is -1.98. The van der Waals surface area contributed by atoms with Crippen molar-refractivity contribution in [3.63, 3.8) is 0 Å². The molecule has 9 heteroatoms. The van der Waals surface area contributed by atoms with Crippen molar-refractivity contribution in [3.8, 4) is 17.0 Å². The topological polar surface area (TPSA) is 70.5 Å². The minimum Gasteiger partial charge on any atom is -0.480 e. The number of nitrogens with zero attached hydrogens (tertiary/aromatic N) is 3. The molecule has 2 N–H and O–H groups in total. The number of rotatable bonds is 1. The van der Waals surface area contributed by atoms with Gasteiger partial charge < -0.3 is 19.5 Å². The number of hydrogen-bond acceptors (Lipinski definition) is 7. The molecule has 2 aliphatic carbocycles. The molecule has 2 aromatic heterocycles. The van der Waals surface area contributed by atoms with Crippen molar-refractivity contribution in [2.45, 2.75) is 30.4 Å². The number of alkyl halides is 1. The first kappa shape index (κ1) is 22.1. The summed E-state index contributed by atoms with van der Waals surface area (Å²) < 4.78 is 39.1. The van der Waals surface area contributed by atoms with Crippen LogP contribution >= 0.6 is 11.9 Å². The predicted molar refractivity (Wildman–Crippen MR) is 138 cm³/mol. The fourth-order valence-corrected chi connectivity index (χ4v) is 7.45. The van der Waals surface area contributed by atoms with Crippen LogP contribution in [0.15, 0.2) is 65.8 Å². The molecule has 6 bridgehead atoms. The minimum absolute atomic E-state index is 0.311. The summed E-state index contributed by atoms with van der Waals surface area (Å²) in [6, 6.07) is 9.85. The molecule has 4 aliphatic rings. The van der Waals surface area contributed by atoms with E-state index >= 15 is 8.78 Å². The second-order valence-electron chi connectivity index (χ2n) is 10.3. The van der Waals surface area contributed by atoms with Gasteiger partial charge in [-0.25, -0.2) is 13.8 Å². The molecule has 1 saturated heterocycles. The molecular weight excluding hydrogens is 482 g/mol. The van der Waals surface area contributed by atoms with Crippen LogP contribution in [-0.2, 0) is 0 Å². The number of ether oxygens (including phenoxy) is 1. The molecule has 7 rings (SSSR count). The van der Waals surface area contributed by atoms with Crippen molar-refractivity contribution in [1.82, 2.24) is 9.97 Å². The van der Waals surface area contributed by atoms with Gasteiger partial charge in [0.05, 0.1) is 24.1 Å². The van der Waals surface area contributed by atoms with Gasteiger partial charge in [0.15, 0.2) is 5.67 Å². The van der Waals surface area contributed by atoms with Gasteiger partial charge >= 0.3 is 0 Å². The smallest absolute Gasteiger partial charge is 0.237 e. The summed E-state index contributed by atoms with van der Waals surface area (Å²) in [7, 11) is 1.53. The first-order valence-corrected chi connectivity index (χ1v) is 12.6. The van der Waals surface area contributed by atoms with Crippen LogP contribution in [0.1, 0.15) is 13.8 Å². The highest BCUT2D eigenvalue weighted by Crippen LogP contribution is 2.72. The van der Waals surface area contributed by atoms with E-state index in [1.807, 2.05) is 24.3 Å². The Morgan fingerprint density at radius 3 is 2.81 bits per heavy atom. The summed E-state index contributed by atoms with van der Waals surface area (Å²) in [6.45, 7) is 3.80. The normalized spacial score (nSPS) is 32.1. The molecule has 184 valence electrons. The number of anilines is 2. The Morgan fingerprint density at radius 2 is 2.00 bits per heavy atom. The van der Waals surface area contributed by atoms with Crippen LogP contribution in [0.4, 0.5) is 20.2 Å². The number of fused-ring (bicyclic) bond motifs is 6. The highest BCUT2D eigenvalue weighted by Gasteiger charge is 2.73. The van der Waals surface area contributed by atoms with Gasteiger partial charge in [-0.1, -0.05) is 6.07 Å². The van der Waals surface area contributed by atoms with Gasteiger partial charge in [-0.2, -0.15) is 0 Å². The number of benzene rings is 1. The predicted octanol–water partition coefficient (Wildman–Crippen LogP) is 5.21. The van der Waals surface area contributed by atoms with Crippen LogP contribution in [0.3, 0.4) is 0 Å². The Morgan fingerprint density at radius 1 is 1.17 bits per heavy atom. The average Bonchev–Trinajstić information content (AvgIpc) is 3.46. The van der Waals surface area contributed by atoms with E-state index in [9.17, 15) is 5.11 Å². The Balaban J connectivity index is 1.48. The number of aromatic nitrogens is 2. The van der Waals surface area contributed by atoms with E-state index in [-0.39, 0.29) is 0 Å². The van der Waals surface area contributed by atoms with Crippen molar-refractivity contribution in [1.29, 1.82) is 0 Å². The second kappa shape index (κ2) is 6.98. The van der Waals surface area contributed by atoms with Gasteiger partial charge in [0.2, 0.25) is 5.88 Å². The highest BCUT2D eigenvalue weighted by atomic mass is 32.2. The maximum Gasteiger partial charge on any atom is 0.237 e. The Kier molecular flexibility index (Phi) is 4.28. The van der Waals surface area contributed by atoms with Gasteiger partial charge in [0.1, 0.15) is 16.3 Å². The molecule has 4 unspecified atom stereocenters. The summed E-state index contributed by atoms with van der Waals surface area (Å²) in [6.07, 6.45) is 3.67. The molecule has 4 heterocycles. The molecule has 36 heavy (non-hydrogen) atoms. The van der Waals surface area contributed by atoms with E-state index in [0.717, 1.165) is 45.7 Å². The number of aliphatic hydroxyl groups excluding tert-OH is 1. The fraction of sp³-hybridized carbons (Fsp3) is 0.333. The summed E-state index contributed by atoms with van der Waals surface area (Å²) in [5.41, 5.74) is 2.27. The zero-order chi connectivity index (χ0) is 25.0. The largest absolute Gasteiger partial charge is 0.480 e. The molecule has 0 saturated carbocycles. The van der Waals surface area contributed by atoms with Crippen molar-refractivity contribution < 1.29 is 18.6 Å². The van der Waals surface area contributed by atoms with Crippen molar-refractivity contribution in [2.24, 2.45) is 5.41 Å². The maximum atomic E-state index is 15.9. The van der Waals surface area contributed by atoms with E-state index in [0.29, 0.717) is 35.8 Å². The Bertz CT molecular complexity index is 1540. The lowest BCUT2D eigenvalue weighted by Crippen LogP contribution is -2.32. The van der Waals surface area contributed by atoms with Gasteiger partial charge in [-0.15, -0.1) is 0 Å². The highest BCUT2D eigenvalue weighted by molar-refractivity contribution is 8.02. The summed E-state index contributed by atoms with van der Waals surface area (Å²) in [4.78, 5) is 11.1. The quantitative estimate of drug-likeness (QED) is 0.347. The molecule has 1 fully saturated rings. The van der Waals surface area contributed by atoms with E-state index in [4.69, 9.17) is 4.74 Å². The third kappa shape index (κ3) is 2.70. The van der Waals surface area contributed by atoms with Crippen molar-refractivity contribution >= 4 is 34.2 Å². The number of pyridine rings is 2. The van der Waals surface area contributed by atoms with Crippen LogP contribution < -0.4 is 14.4 Å². The summed E-state index contributed by atoms with van der Waals surface area (Å²) in [5.74, 6) is -0.203. The number of nitrogens with one attached hydrogen (secondary N) is 1. The van der Waals surface area contributed by atoms with E-state index < -0.39 is 27.8 Å². The molecule has 6 nitrogen and oxygen atoms in total. The van der Waals surface area contributed by atoms with Crippen LogP contribution in [0.25, 0.3) is 22.0 Å². The lowest BCUT2D eigenvalue weighted by atomic mass is 9.88. The molecule has 3 aromatic rings. The van der Waals surface area contributed by atoms with Crippen LogP contribution in [0.2, 0.25) is 0 Å². The van der Waals surface area contributed by atoms with Crippen LogP contribution in [0, 0.1) is 5.41 Å². The molecule has 1 spiro atoms. The number of halogens is 2. The van der Waals surface area contributed by atoms with E-state index in [2.05, 4.69) is 25.7 Å². The Labute approximate surface area is 211 Å². The monoisotopic (exact) mass is 506 g/mol. The Hall–Kier alpha value is -3.17. The van der Waals surface area contributed by atoms with Gasteiger partial charge in [-0.05, 0) is 72.8 Å². The number of hydrogen-bond donors (Lipinski definition) is 2. The lowest BCUT2D eigenvalue weighted by molar-refractivity contribution is 0.131. The van der Waals surface area contributed by atoms with E-state index in [1.165, 1.54) is 14.0 Å². The van der Waals surface area contributed by atoms with Gasteiger partial charge in [-0.3, -0.25) is 4.98 Å². The maximum absolute atomic E-state index is 15.9. The van der Waals surface area contributed by atoms with Gasteiger partial charge in [0.25, 0.3) is 0 Å². The standard InChI is InChI=1S/C27H24F2N4O2S/c1-25(29)10-20(28)26(2)23-22(25)27(23)13-33(12-21(27)34)19-6-7-30-17-5-4-14(8-16(17)19)15-9-18(32-36-26)24(35-3)31-11-15/h4-11,21,32,34H,12-13H2,1-3H3. The number of methoxy groups -OCH3 is 1. The van der Waals surface area contributed by atoms with Gasteiger partial charge in [0, 0.05) is 42.1 Å². The van der Waals surface area contributed by atoms with Crippen molar-refractivity contribution in [2.75, 3.05) is 29.8 Å². The van der Waals surface area contributed by atoms with Crippen LogP contribution in [-0.4, -0.2) is 51.8 Å². The zero-order valence-electron chi connectivity index (χ0n) is 20.0.